The number of amides is 1. The third-order valence-electron chi connectivity index (χ3n) is 5.70. The van der Waals surface area contributed by atoms with Crippen LogP contribution in [-0.4, -0.2) is 48.3 Å². The number of nitrogens with one attached hydrogen (secondary N) is 1. The van der Waals surface area contributed by atoms with Gasteiger partial charge in [-0.15, -0.1) is 0 Å². The quantitative estimate of drug-likeness (QED) is 0.600. The van der Waals surface area contributed by atoms with E-state index in [1.54, 1.807) is 0 Å². The zero-order valence-corrected chi connectivity index (χ0v) is 20.2. The summed E-state index contributed by atoms with van der Waals surface area (Å²) in [6.45, 7) is 3.01. The van der Waals surface area contributed by atoms with Crippen molar-refractivity contribution >= 4 is 39.0 Å². The molecule has 0 atom stereocenters. The minimum Gasteiger partial charge on any atom is -0.383 e. The fraction of sp³-hybridized carbons (Fsp3) is 0.476. The van der Waals surface area contributed by atoms with Crippen LogP contribution >= 0.6 is 11.6 Å². The van der Waals surface area contributed by atoms with E-state index in [0.29, 0.717) is 19.5 Å². The standard InChI is InChI=1S/C21H28ClN5O5S/c1-3-4-12-27-18(23)17(19(28)24-21(27)30)25(2)20(29)14-8-9-15(22)16(13-14)33(31,32)26-10-6-5-7-11-26/h8-9,13H,3-7,10-12,23H2,1-2H3,(H,24,28,30). The number of piperidine rings is 1. The first-order valence-corrected chi connectivity index (χ1v) is 12.6. The Balaban J connectivity index is 2.01. The summed E-state index contributed by atoms with van der Waals surface area (Å²) in [5.74, 6) is -0.803. The number of anilines is 2. The number of carbonyl (C=O) groups is 1. The van der Waals surface area contributed by atoms with Crippen LogP contribution in [0.2, 0.25) is 5.02 Å². The van der Waals surface area contributed by atoms with E-state index >= 15 is 0 Å². The van der Waals surface area contributed by atoms with E-state index in [0.717, 1.165) is 30.6 Å². The van der Waals surface area contributed by atoms with E-state index < -0.39 is 27.2 Å². The number of halogens is 1. The molecule has 12 heteroatoms. The minimum atomic E-state index is -3.89. The molecule has 2 heterocycles. The number of hydrogen-bond acceptors (Lipinski definition) is 6. The summed E-state index contributed by atoms with van der Waals surface area (Å²) in [4.78, 5) is 40.9. The summed E-state index contributed by atoms with van der Waals surface area (Å²) in [7, 11) is -2.55. The molecule has 1 aliphatic rings. The Labute approximate surface area is 197 Å². The Bertz CT molecular complexity index is 1260. The molecule has 1 aromatic carbocycles. The molecule has 0 radical (unpaired) electrons. The van der Waals surface area contributed by atoms with E-state index in [4.69, 9.17) is 17.3 Å². The average molecular weight is 498 g/mol. The van der Waals surface area contributed by atoms with Gasteiger partial charge in [0.05, 0.1) is 5.02 Å². The van der Waals surface area contributed by atoms with Crippen molar-refractivity contribution in [2.75, 3.05) is 30.8 Å². The highest BCUT2D eigenvalue weighted by Gasteiger charge is 2.30. The van der Waals surface area contributed by atoms with E-state index in [9.17, 15) is 22.8 Å². The molecular weight excluding hydrogens is 470 g/mol. The number of benzene rings is 1. The number of hydrogen-bond donors (Lipinski definition) is 2. The van der Waals surface area contributed by atoms with Crippen LogP contribution in [-0.2, 0) is 16.6 Å². The van der Waals surface area contributed by atoms with Gasteiger partial charge in [-0.1, -0.05) is 31.4 Å². The maximum atomic E-state index is 13.2. The fourth-order valence-corrected chi connectivity index (χ4v) is 5.83. The van der Waals surface area contributed by atoms with Crippen LogP contribution in [0.15, 0.2) is 32.7 Å². The number of carbonyl (C=O) groups excluding carboxylic acids is 1. The number of unbranched alkanes of at least 4 members (excludes halogenated alkanes) is 1. The summed E-state index contributed by atoms with van der Waals surface area (Å²) in [6.07, 6.45) is 3.93. The molecule has 1 aromatic heterocycles. The van der Waals surface area contributed by atoms with Crippen LogP contribution < -0.4 is 21.9 Å². The molecule has 3 N–H and O–H groups in total. The first-order chi connectivity index (χ1) is 15.6. The van der Waals surface area contributed by atoms with Crippen molar-refractivity contribution in [2.24, 2.45) is 0 Å². The Hall–Kier alpha value is -2.63. The number of nitrogen functional groups attached to an aromatic ring is 1. The number of H-pyrrole nitrogens is 1. The van der Waals surface area contributed by atoms with Gasteiger partial charge in [0.1, 0.15) is 10.7 Å². The van der Waals surface area contributed by atoms with Crippen molar-refractivity contribution in [3.8, 4) is 0 Å². The van der Waals surface area contributed by atoms with Crippen LogP contribution in [0.5, 0.6) is 0 Å². The fourth-order valence-electron chi connectivity index (χ4n) is 3.81. The largest absolute Gasteiger partial charge is 0.383 e. The van der Waals surface area contributed by atoms with Gasteiger partial charge < -0.3 is 10.6 Å². The number of aromatic amines is 1. The van der Waals surface area contributed by atoms with Gasteiger partial charge in [-0.05, 0) is 37.5 Å². The Morgan fingerprint density at radius 2 is 1.88 bits per heavy atom. The molecule has 1 amide bonds. The van der Waals surface area contributed by atoms with Crippen LogP contribution in [0.4, 0.5) is 11.5 Å². The second-order valence-electron chi connectivity index (χ2n) is 7.97. The maximum Gasteiger partial charge on any atom is 0.330 e. The van der Waals surface area contributed by atoms with Gasteiger partial charge in [0.25, 0.3) is 11.5 Å². The summed E-state index contributed by atoms with van der Waals surface area (Å²) < 4.78 is 28.8. The van der Waals surface area contributed by atoms with Gasteiger partial charge in [-0.2, -0.15) is 4.31 Å². The van der Waals surface area contributed by atoms with E-state index in [1.165, 1.54) is 34.1 Å². The molecule has 0 unspecified atom stereocenters. The van der Waals surface area contributed by atoms with Crippen molar-refractivity contribution < 1.29 is 13.2 Å². The van der Waals surface area contributed by atoms with Gasteiger partial charge in [0.2, 0.25) is 10.0 Å². The zero-order chi connectivity index (χ0) is 24.3. The van der Waals surface area contributed by atoms with Crippen LogP contribution in [0.25, 0.3) is 0 Å². The topological polar surface area (TPSA) is 139 Å². The third-order valence-corrected chi connectivity index (χ3v) is 8.08. The third kappa shape index (κ3) is 4.99. The second kappa shape index (κ2) is 10.1. The smallest absolute Gasteiger partial charge is 0.330 e. The Kier molecular flexibility index (Phi) is 7.65. The first kappa shape index (κ1) is 25.0. The average Bonchev–Trinajstić information content (AvgIpc) is 2.79. The Morgan fingerprint density at radius 1 is 1.21 bits per heavy atom. The summed E-state index contributed by atoms with van der Waals surface area (Å²) in [5, 5.41) is 0.00486. The predicted octanol–water partition coefficient (Wildman–Crippen LogP) is 2.02. The molecule has 2 aromatic rings. The molecule has 0 saturated carbocycles. The van der Waals surface area contributed by atoms with E-state index in [1.807, 2.05) is 6.92 Å². The number of nitrogens with two attached hydrogens (primary N) is 1. The van der Waals surface area contributed by atoms with Crippen LogP contribution in [0.1, 0.15) is 49.4 Å². The molecular formula is C21H28ClN5O5S. The summed E-state index contributed by atoms with van der Waals surface area (Å²) >= 11 is 6.19. The molecule has 1 aliphatic heterocycles. The summed E-state index contributed by atoms with van der Waals surface area (Å²) in [6, 6.07) is 3.94. The van der Waals surface area contributed by atoms with Crippen molar-refractivity contribution in [3.63, 3.8) is 0 Å². The van der Waals surface area contributed by atoms with Crippen molar-refractivity contribution in [3.05, 3.63) is 49.6 Å². The minimum absolute atomic E-state index is 0.00486. The highest BCUT2D eigenvalue weighted by molar-refractivity contribution is 7.89. The van der Waals surface area contributed by atoms with Gasteiger partial charge in [0.15, 0.2) is 5.69 Å². The SMILES string of the molecule is CCCCn1c(N)c(N(C)C(=O)c2ccc(Cl)c(S(=O)(=O)N3CCCCC3)c2)c(=O)[nH]c1=O. The summed E-state index contributed by atoms with van der Waals surface area (Å²) in [5.41, 5.74) is 4.45. The van der Waals surface area contributed by atoms with Crippen molar-refractivity contribution in [1.29, 1.82) is 0 Å². The lowest BCUT2D eigenvalue weighted by atomic mass is 10.2. The predicted molar refractivity (Wildman–Crippen MR) is 127 cm³/mol. The number of sulfonamides is 1. The van der Waals surface area contributed by atoms with Crippen molar-refractivity contribution in [1.82, 2.24) is 13.9 Å². The molecule has 180 valence electrons. The van der Waals surface area contributed by atoms with Crippen LogP contribution in [0, 0.1) is 0 Å². The van der Waals surface area contributed by atoms with Gasteiger partial charge >= 0.3 is 5.69 Å². The van der Waals surface area contributed by atoms with Gasteiger partial charge in [-0.3, -0.25) is 19.1 Å². The lowest BCUT2D eigenvalue weighted by Gasteiger charge is -2.26. The maximum absolute atomic E-state index is 13.2. The zero-order valence-electron chi connectivity index (χ0n) is 18.6. The van der Waals surface area contributed by atoms with Gasteiger partial charge in [-0.25, -0.2) is 13.2 Å². The molecule has 10 nitrogen and oxygen atoms in total. The molecule has 3 rings (SSSR count). The number of nitrogens with zero attached hydrogens (tertiary/aromatic N) is 3. The van der Waals surface area contributed by atoms with E-state index in [-0.39, 0.29) is 33.5 Å². The van der Waals surface area contributed by atoms with Gasteiger partial charge in [0, 0.05) is 32.2 Å². The molecule has 1 fully saturated rings. The monoisotopic (exact) mass is 497 g/mol. The lowest BCUT2D eigenvalue weighted by molar-refractivity contribution is 0.0992. The molecule has 0 bridgehead atoms. The molecule has 0 aliphatic carbocycles. The van der Waals surface area contributed by atoms with Crippen LogP contribution in [0.3, 0.4) is 0 Å². The Morgan fingerprint density at radius 3 is 2.52 bits per heavy atom. The van der Waals surface area contributed by atoms with Crippen molar-refractivity contribution in [2.45, 2.75) is 50.5 Å². The highest BCUT2D eigenvalue weighted by atomic mass is 35.5. The van der Waals surface area contributed by atoms with E-state index in [2.05, 4.69) is 4.98 Å². The lowest BCUT2D eigenvalue weighted by Crippen LogP contribution is -2.39. The molecule has 1 saturated heterocycles. The normalized spacial score (nSPS) is 14.9. The second-order valence-corrected chi connectivity index (χ2v) is 10.3. The molecule has 33 heavy (non-hydrogen) atoms. The first-order valence-electron chi connectivity index (χ1n) is 10.8. The highest BCUT2D eigenvalue weighted by Crippen LogP contribution is 2.29. The number of rotatable bonds is 7. The number of aromatic nitrogens is 2. The molecule has 0 spiro atoms.